The SMILES string of the molecule is CSc1ccc(COC(=O)c2ccccc2OCc2ccccc2)cc1. The van der Waals surface area contributed by atoms with Crippen LogP contribution in [0.25, 0.3) is 0 Å². The van der Waals surface area contributed by atoms with Gasteiger partial charge in [-0.3, -0.25) is 0 Å². The number of hydrogen-bond acceptors (Lipinski definition) is 4. The molecule has 132 valence electrons. The van der Waals surface area contributed by atoms with Gasteiger partial charge in [0.05, 0.1) is 0 Å². The van der Waals surface area contributed by atoms with Crippen LogP contribution in [0.15, 0.2) is 83.8 Å². The lowest BCUT2D eigenvalue weighted by Gasteiger charge is -2.11. The Balaban J connectivity index is 1.63. The summed E-state index contributed by atoms with van der Waals surface area (Å²) >= 11 is 1.68. The van der Waals surface area contributed by atoms with E-state index in [0.29, 0.717) is 17.9 Å². The highest BCUT2D eigenvalue weighted by Crippen LogP contribution is 2.21. The van der Waals surface area contributed by atoms with E-state index in [4.69, 9.17) is 9.47 Å². The zero-order chi connectivity index (χ0) is 18.2. The molecular weight excluding hydrogens is 344 g/mol. The van der Waals surface area contributed by atoms with E-state index >= 15 is 0 Å². The summed E-state index contributed by atoms with van der Waals surface area (Å²) in [5.74, 6) is 0.140. The van der Waals surface area contributed by atoms with Gasteiger partial charge in [0, 0.05) is 4.90 Å². The number of benzene rings is 3. The lowest BCUT2D eigenvalue weighted by atomic mass is 10.2. The molecule has 4 heteroatoms. The third kappa shape index (κ3) is 4.90. The lowest BCUT2D eigenvalue weighted by Crippen LogP contribution is -2.08. The zero-order valence-electron chi connectivity index (χ0n) is 14.6. The summed E-state index contributed by atoms with van der Waals surface area (Å²) in [5.41, 5.74) is 2.44. The summed E-state index contributed by atoms with van der Waals surface area (Å²) in [4.78, 5) is 13.6. The first-order valence-corrected chi connectivity index (χ1v) is 9.54. The average Bonchev–Trinajstić information content (AvgIpc) is 2.72. The largest absolute Gasteiger partial charge is 0.488 e. The molecule has 0 amide bonds. The topological polar surface area (TPSA) is 35.5 Å². The highest BCUT2D eigenvalue weighted by molar-refractivity contribution is 7.98. The predicted octanol–water partition coefficient (Wildman–Crippen LogP) is 5.34. The normalized spacial score (nSPS) is 10.3. The molecule has 0 unspecified atom stereocenters. The van der Waals surface area contributed by atoms with Crippen LogP contribution >= 0.6 is 11.8 Å². The third-order valence-electron chi connectivity index (χ3n) is 3.87. The van der Waals surface area contributed by atoms with Gasteiger partial charge in [-0.25, -0.2) is 4.79 Å². The zero-order valence-corrected chi connectivity index (χ0v) is 15.4. The summed E-state index contributed by atoms with van der Waals surface area (Å²) in [6, 6.07) is 25.0. The summed E-state index contributed by atoms with van der Waals surface area (Å²) in [5, 5.41) is 0. The number of rotatable bonds is 7. The molecule has 0 radical (unpaired) electrons. The smallest absolute Gasteiger partial charge is 0.342 e. The fourth-order valence-corrected chi connectivity index (χ4v) is 2.85. The first-order chi connectivity index (χ1) is 12.8. The summed E-state index contributed by atoms with van der Waals surface area (Å²) in [7, 11) is 0. The van der Waals surface area contributed by atoms with E-state index in [1.54, 1.807) is 30.0 Å². The number of carbonyl (C=O) groups excluding carboxylic acids is 1. The van der Waals surface area contributed by atoms with Gasteiger partial charge in [-0.05, 0) is 41.6 Å². The molecule has 0 aromatic heterocycles. The fourth-order valence-electron chi connectivity index (χ4n) is 2.44. The molecule has 0 bridgehead atoms. The van der Waals surface area contributed by atoms with Crippen molar-refractivity contribution in [3.05, 3.63) is 95.6 Å². The van der Waals surface area contributed by atoms with E-state index in [0.717, 1.165) is 11.1 Å². The maximum atomic E-state index is 12.5. The molecule has 0 aliphatic carbocycles. The van der Waals surface area contributed by atoms with Crippen LogP contribution in [0.5, 0.6) is 5.75 Å². The van der Waals surface area contributed by atoms with Crippen molar-refractivity contribution < 1.29 is 14.3 Å². The van der Waals surface area contributed by atoms with E-state index < -0.39 is 0 Å². The maximum Gasteiger partial charge on any atom is 0.342 e. The van der Waals surface area contributed by atoms with Gasteiger partial charge >= 0.3 is 5.97 Å². The molecule has 3 aromatic rings. The molecule has 0 heterocycles. The molecule has 0 fully saturated rings. The molecule has 0 aliphatic rings. The van der Waals surface area contributed by atoms with Crippen molar-refractivity contribution in [3.63, 3.8) is 0 Å². The molecule has 0 aliphatic heterocycles. The van der Waals surface area contributed by atoms with Gasteiger partial charge in [-0.1, -0.05) is 54.6 Å². The van der Waals surface area contributed by atoms with Crippen LogP contribution in [0.4, 0.5) is 0 Å². The van der Waals surface area contributed by atoms with Crippen LogP contribution in [0.3, 0.4) is 0 Å². The molecule has 3 rings (SSSR count). The summed E-state index contributed by atoms with van der Waals surface area (Å²) in [6.07, 6.45) is 2.03. The number of esters is 1. The quantitative estimate of drug-likeness (QED) is 0.418. The molecule has 3 aromatic carbocycles. The number of para-hydroxylation sites is 1. The minimum Gasteiger partial charge on any atom is -0.488 e. The van der Waals surface area contributed by atoms with Crippen molar-refractivity contribution in [2.45, 2.75) is 18.1 Å². The van der Waals surface area contributed by atoms with E-state index in [-0.39, 0.29) is 12.6 Å². The van der Waals surface area contributed by atoms with Crippen LogP contribution in [0.1, 0.15) is 21.5 Å². The average molecular weight is 364 g/mol. The standard InChI is InChI=1S/C22H20O3S/c1-26-19-13-11-18(12-14-19)16-25-22(23)20-9-5-6-10-21(20)24-15-17-7-3-2-4-8-17/h2-14H,15-16H2,1H3. The molecule has 0 saturated heterocycles. The molecule has 3 nitrogen and oxygen atoms in total. The minimum atomic E-state index is -0.386. The van der Waals surface area contributed by atoms with Gasteiger partial charge in [0.25, 0.3) is 0 Å². The van der Waals surface area contributed by atoms with Crippen LogP contribution in [-0.4, -0.2) is 12.2 Å². The molecule has 0 spiro atoms. The van der Waals surface area contributed by atoms with Crippen LogP contribution in [-0.2, 0) is 18.0 Å². The number of thioether (sulfide) groups is 1. The van der Waals surface area contributed by atoms with Crippen molar-refractivity contribution in [3.8, 4) is 5.75 Å². The Hall–Kier alpha value is -2.72. The summed E-state index contributed by atoms with van der Waals surface area (Å²) in [6.45, 7) is 0.641. The first-order valence-electron chi connectivity index (χ1n) is 8.32. The lowest BCUT2D eigenvalue weighted by molar-refractivity contribution is 0.0467. The van der Waals surface area contributed by atoms with Gasteiger partial charge in [0.15, 0.2) is 0 Å². The Morgan fingerprint density at radius 1 is 0.808 bits per heavy atom. The second kappa shape index (κ2) is 9.11. The molecule has 0 N–H and O–H groups in total. The van der Waals surface area contributed by atoms with Crippen LogP contribution in [0.2, 0.25) is 0 Å². The van der Waals surface area contributed by atoms with E-state index in [1.165, 1.54) is 4.90 Å². The second-order valence-corrected chi connectivity index (χ2v) is 6.57. The fraction of sp³-hybridized carbons (Fsp3) is 0.136. The molecule has 0 saturated carbocycles. The van der Waals surface area contributed by atoms with Gasteiger partial charge in [-0.15, -0.1) is 11.8 Å². The summed E-state index contributed by atoms with van der Waals surface area (Å²) < 4.78 is 11.3. The van der Waals surface area contributed by atoms with Crippen molar-refractivity contribution >= 4 is 17.7 Å². The van der Waals surface area contributed by atoms with Gasteiger partial charge < -0.3 is 9.47 Å². The Morgan fingerprint density at radius 2 is 1.46 bits per heavy atom. The first kappa shape index (κ1) is 18.1. The highest BCUT2D eigenvalue weighted by Gasteiger charge is 2.14. The monoisotopic (exact) mass is 364 g/mol. The van der Waals surface area contributed by atoms with Crippen LogP contribution in [0, 0.1) is 0 Å². The Bertz CT molecular complexity index is 845. The van der Waals surface area contributed by atoms with Gasteiger partial charge in [0.2, 0.25) is 0 Å². The minimum absolute atomic E-state index is 0.237. The molecular formula is C22H20O3S. The van der Waals surface area contributed by atoms with E-state index in [1.807, 2.05) is 66.9 Å². The highest BCUT2D eigenvalue weighted by atomic mass is 32.2. The number of hydrogen-bond donors (Lipinski definition) is 0. The number of carbonyl (C=O) groups is 1. The third-order valence-corrected chi connectivity index (χ3v) is 4.62. The van der Waals surface area contributed by atoms with E-state index in [2.05, 4.69) is 0 Å². The van der Waals surface area contributed by atoms with Crippen LogP contribution < -0.4 is 4.74 Å². The van der Waals surface area contributed by atoms with Gasteiger partial charge in [0.1, 0.15) is 24.5 Å². The Morgan fingerprint density at radius 3 is 2.19 bits per heavy atom. The van der Waals surface area contributed by atoms with Crippen molar-refractivity contribution in [2.75, 3.05) is 6.26 Å². The van der Waals surface area contributed by atoms with Crippen molar-refractivity contribution in [1.82, 2.24) is 0 Å². The molecule has 26 heavy (non-hydrogen) atoms. The van der Waals surface area contributed by atoms with Gasteiger partial charge in [-0.2, -0.15) is 0 Å². The Labute approximate surface area is 158 Å². The van der Waals surface area contributed by atoms with Crippen molar-refractivity contribution in [2.24, 2.45) is 0 Å². The van der Waals surface area contributed by atoms with E-state index in [9.17, 15) is 4.79 Å². The predicted molar refractivity (Wildman–Crippen MR) is 105 cm³/mol. The maximum absolute atomic E-state index is 12.5. The molecule has 0 atom stereocenters. The Kier molecular flexibility index (Phi) is 6.34. The number of ether oxygens (including phenoxy) is 2. The second-order valence-electron chi connectivity index (χ2n) is 5.69. The van der Waals surface area contributed by atoms with Crippen molar-refractivity contribution in [1.29, 1.82) is 0 Å².